The minimum atomic E-state index is -4.38. The fraction of sp³-hybridized carbons (Fsp3) is 0.968. The Balaban J connectivity index is 3.76. The van der Waals surface area contributed by atoms with E-state index in [4.69, 9.17) is 24.3 Å². The summed E-state index contributed by atoms with van der Waals surface area (Å²) in [7, 11) is -4.38. The number of ether oxygens (including phenoxy) is 2. The molecule has 0 bridgehead atoms. The zero-order chi connectivity index (χ0) is 53.1. The first-order chi connectivity index (χ1) is 35.8. The van der Waals surface area contributed by atoms with Crippen molar-refractivity contribution in [2.45, 2.75) is 367 Å². The van der Waals surface area contributed by atoms with Gasteiger partial charge in [-0.15, -0.1) is 0 Å². The average molecular weight is 1060 g/mol. The molecule has 0 radical (unpaired) electrons. The van der Waals surface area contributed by atoms with Crippen LogP contribution in [0, 0.1) is 0 Å². The lowest BCUT2D eigenvalue weighted by molar-refractivity contribution is -0.161. The molecule has 0 aliphatic heterocycles. The first kappa shape index (κ1) is 72.0. The number of phosphoric ester groups is 1. The van der Waals surface area contributed by atoms with Gasteiger partial charge in [0.1, 0.15) is 6.61 Å². The summed E-state index contributed by atoms with van der Waals surface area (Å²) in [6, 6.07) is 0. The van der Waals surface area contributed by atoms with Crippen LogP contribution in [0.3, 0.4) is 0 Å². The molecule has 2 atom stereocenters. The summed E-state index contributed by atoms with van der Waals surface area (Å²) in [5.41, 5.74) is 5.39. The van der Waals surface area contributed by atoms with Gasteiger partial charge in [-0.3, -0.25) is 18.6 Å². The van der Waals surface area contributed by atoms with Crippen LogP contribution in [0.2, 0.25) is 0 Å². The number of hydrogen-bond donors (Lipinski definition) is 2. The molecule has 0 fully saturated rings. The second kappa shape index (κ2) is 60.2. The lowest BCUT2D eigenvalue weighted by Crippen LogP contribution is -2.29. The number of rotatable bonds is 63. The summed E-state index contributed by atoms with van der Waals surface area (Å²) in [6.45, 7) is 3.83. The monoisotopic (exact) mass is 1060 g/mol. The van der Waals surface area contributed by atoms with Gasteiger partial charge in [-0.1, -0.05) is 335 Å². The summed E-state index contributed by atoms with van der Waals surface area (Å²) in [6.07, 6.45) is 69.1. The lowest BCUT2D eigenvalue weighted by atomic mass is 10.0. The first-order valence-electron chi connectivity index (χ1n) is 32.5. The summed E-state index contributed by atoms with van der Waals surface area (Å²) < 4.78 is 33.1. The van der Waals surface area contributed by atoms with Crippen molar-refractivity contribution in [3.63, 3.8) is 0 Å². The highest BCUT2D eigenvalue weighted by atomic mass is 31.2. The van der Waals surface area contributed by atoms with Crippen LogP contribution in [0.15, 0.2) is 0 Å². The van der Waals surface area contributed by atoms with E-state index in [2.05, 4.69) is 13.8 Å². The minimum Gasteiger partial charge on any atom is -0.462 e. The number of carbonyl (C=O) groups is 2. The van der Waals surface area contributed by atoms with Crippen molar-refractivity contribution in [1.29, 1.82) is 0 Å². The third kappa shape index (κ3) is 60.1. The molecule has 3 N–H and O–H groups in total. The summed E-state index contributed by atoms with van der Waals surface area (Å²) in [5, 5.41) is 0. The normalized spacial score (nSPS) is 12.9. The Morgan fingerprint density at radius 3 is 0.836 bits per heavy atom. The second-order valence-electron chi connectivity index (χ2n) is 22.4. The Morgan fingerprint density at radius 2 is 0.589 bits per heavy atom. The van der Waals surface area contributed by atoms with Crippen molar-refractivity contribution in [2.24, 2.45) is 5.73 Å². The van der Waals surface area contributed by atoms with Crippen molar-refractivity contribution < 1.29 is 37.6 Å². The van der Waals surface area contributed by atoms with E-state index >= 15 is 0 Å². The van der Waals surface area contributed by atoms with E-state index < -0.39 is 26.5 Å². The van der Waals surface area contributed by atoms with Gasteiger partial charge in [0.2, 0.25) is 0 Å². The Labute approximate surface area is 454 Å². The van der Waals surface area contributed by atoms with Gasteiger partial charge >= 0.3 is 19.8 Å². The Morgan fingerprint density at radius 1 is 0.356 bits per heavy atom. The predicted octanol–water partition coefficient (Wildman–Crippen LogP) is 20.6. The SMILES string of the molecule is CCCCCCCCCCCCCCCCCCCCCCCCCCCCCCCCCCCCCC(=O)OC(COC(=O)CCCCCCCCCCCCCCCCCCC)COP(=O)(O)OCCN. The minimum absolute atomic E-state index is 0.0586. The van der Waals surface area contributed by atoms with E-state index in [1.807, 2.05) is 0 Å². The van der Waals surface area contributed by atoms with E-state index in [9.17, 15) is 19.0 Å². The van der Waals surface area contributed by atoms with E-state index in [1.54, 1.807) is 0 Å². The molecule has 0 aliphatic rings. The zero-order valence-electron chi connectivity index (χ0n) is 48.9. The summed E-state index contributed by atoms with van der Waals surface area (Å²) >= 11 is 0. The molecular formula is C63H126NO8P. The second-order valence-corrected chi connectivity index (χ2v) is 23.8. The standard InChI is InChI=1S/C63H126NO8P/c1-3-5-7-9-11-13-15-17-19-21-22-23-24-25-26-27-28-29-30-31-32-33-34-35-36-37-38-40-42-44-46-48-50-52-54-56-63(66)72-61(60-71-73(67,68)70-58-57-64)59-69-62(65)55-53-51-49-47-45-43-41-39-20-18-16-14-12-10-8-6-4-2/h61H,3-60,64H2,1-2H3,(H,67,68). The largest absolute Gasteiger partial charge is 0.472 e. The molecule has 0 spiro atoms. The molecule has 0 saturated carbocycles. The zero-order valence-corrected chi connectivity index (χ0v) is 49.8. The Kier molecular flexibility index (Phi) is 59.4. The number of carbonyl (C=O) groups excluding carboxylic acids is 2. The van der Waals surface area contributed by atoms with Crippen molar-refractivity contribution in [2.75, 3.05) is 26.4 Å². The molecule has 73 heavy (non-hydrogen) atoms. The number of phosphoric acid groups is 1. The molecule has 9 nitrogen and oxygen atoms in total. The van der Waals surface area contributed by atoms with Crippen LogP contribution >= 0.6 is 7.82 Å². The molecule has 0 aromatic carbocycles. The first-order valence-corrected chi connectivity index (χ1v) is 34.0. The maximum Gasteiger partial charge on any atom is 0.472 e. The molecule has 0 rings (SSSR count). The third-order valence-electron chi connectivity index (χ3n) is 15.0. The van der Waals surface area contributed by atoms with Gasteiger partial charge in [-0.25, -0.2) is 4.57 Å². The van der Waals surface area contributed by atoms with Gasteiger partial charge in [-0.2, -0.15) is 0 Å². The molecule has 0 aliphatic carbocycles. The Bertz CT molecular complexity index is 1160. The molecule has 0 heterocycles. The van der Waals surface area contributed by atoms with Crippen LogP contribution in [-0.4, -0.2) is 49.3 Å². The quantitative estimate of drug-likeness (QED) is 0.0347. The van der Waals surface area contributed by atoms with E-state index in [1.165, 1.54) is 295 Å². The van der Waals surface area contributed by atoms with Crippen molar-refractivity contribution >= 4 is 19.8 Å². The van der Waals surface area contributed by atoms with Crippen LogP contribution in [0.25, 0.3) is 0 Å². The topological polar surface area (TPSA) is 134 Å². The number of esters is 2. The van der Waals surface area contributed by atoms with E-state index in [-0.39, 0.29) is 38.6 Å². The molecule has 2 unspecified atom stereocenters. The van der Waals surface area contributed by atoms with Gasteiger partial charge in [-0.05, 0) is 12.8 Å². The van der Waals surface area contributed by atoms with Gasteiger partial charge in [0, 0.05) is 19.4 Å². The fourth-order valence-electron chi connectivity index (χ4n) is 10.2. The molecule has 0 aromatic heterocycles. The van der Waals surface area contributed by atoms with Crippen LogP contribution in [-0.2, 0) is 32.7 Å². The molecule has 10 heteroatoms. The molecule has 0 aromatic rings. The van der Waals surface area contributed by atoms with Gasteiger partial charge in [0.25, 0.3) is 0 Å². The highest BCUT2D eigenvalue weighted by Gasteiger charge is 2.26. The van der Waals surface area contributed by atoms with Crippen molar-refractivity contribution in [3.8, 4) is 0 Å². The van der Waals surface area contributed by atoms with Crippen molar-refractivity contribution in [1.82, 2.24) is 0 Å². The van der Waals surface area contributed by atoms with Crippen LogP contribution in [0.4, 0.5) is 0 Å². The maximum absolute atomic E-state index is 12.7. The predicted molar refractivity (Wildman–Crippen MR) is 312 cm³/mol. The number of nitrogens with two attached hydrogens (primary N) is 1. The summed E-state index contributed by atoms with van der Waals surface area (Å²) in [5.74, 6) is -0.801. The highest BCUT2D eigenvalue weighted by molar-refractivity contribution is 7.47. The van der Waals surface area contributed by atoms with Crippen molar-refractivity contribution in [3.05, 3.63) is 0 Å². The lowest BCUT2D eigenvalue weighted by Gasteiger charge is -2.19. The van der Waals surface area contributed by atoms with Gasteiger partial charge < -0.3 is 20.1 Å². The number of hydrogen-bond acceptors (Lipinski definition) is 8. The fourth-order valence-corrected chi connectivity index (χ4v) is 10.9. The smallest absolute Gasteiger partial charge is 0.462 e. The molecular weight excluding hydrogens is 930 g/mol. The van der Waals surface area contributed by atoms with Crippen LogP contribution < -0.4 is 5.73 Å². The van der Waals surface area contributed by atoms with E-state index in [0.717, 1.165) is 32.1 Å². The summed E-state index contributed by atoms with van der Waals surface area (Å²) in [4.78, 5) is 35.2. The number of unbranched alkanes of at least 4 members (excludes halogenated alkanes) is 50. The third-order valence-corrected chi connectivity index (χ3v) is 16.0. The van der Waals surface area contributed by atoms with Crippen LogP contribution in [0.1, 0.15) is 361 Å². The van der Waals surface area contributed by atoms with Gasteiger partial charge in [0.05, 0.1) is 13.2 Å². The molecule has 436 valence electrons. The molecule has 0 amide bonds. The van der Waals surface area contributed by atoms with Crippen LogP contribution in [0.5, 0.6) is 0 Å². The highest BCUT2D eigenvalue weighted by Crippen LogP contribution is 2.43. The van der Waals surface area contributed by atoms with E-state index in [0.29, 0.717) is 6.42 Å². The molecule has 0 saturated heterocycles. The van der Waals surface area contributed by atoms with Gasteiger partial charge in [0.15, 0.2) is 6.10 Å². The Hall–Kier alpha value is -0.990. The maximum atomic E-state index is 12.7. The average Bonchev–Trinajstić information content (AvgIpc) is 3.38.